The topological polar surface area (TPSA) is 49.8 Å². The minimum Gasteiger partial charge on any atom is -0.394 e. The van der Waals surface area contributed by atoms with E-state index < -0.39 is 29.6 Å². The van der Waals surface area contributed by atoms with E-state index in [0.29, 0.717) is 12.1 Å². The van der Waals surface area contributed by atoms with Crippen LogP contribution in [0.25, 0.3) is 0 Å². The molecule has 1 aromatic carbocycles. The molecule has 0 radical (unpaired) electrons. The number of benzene rings is 1. The molecule has 2 atom stereocenters. The Hall–Kier alpha value is -1.67. The summed E-state index contributed by atoms with van der Waals surface area (Å²) in [5, 5.41) is 9.07. The van der Waals surface area contributed by atoms with Crippen molar-refractivity contribution in [3.63, 3.8) is 0 Å². The summed E-state index contributed by atoms with van der Waals surface area (Å²) in [7, 11) is 0. The van der Waals surface area contributed by atoms with Gasteiger partial charge in [0, 0.05) is 12.1 Å². The Morgan fingerprint density at radius 1 is 1.41 bits per heavy atom. The Balaban J connectivity index is 2.30. The number of hydrogen-bond donors (Lipinski definition) is 1. The normalized spacial score (nSPS) is 22.7. The summed E-state index contributed by atoms with van der Waals surface area (Å²) in [6.45, 7) is 1.54. The van der Waals surface area contributed by atoms with Crippen LogP contribution in [0.4, 0.5) is 17.6 Å². The number of morpholine rings is 1. The molecule has 8 heteroatoms. The van der Waals surface area contributed by atoms with Crippen molar-refractivity contribution in [2.45, 2.75) is 25.2 Å². The predicted octanol–water partition coefficient (Wildman–Crippen LogP) is 2.07. The van der Waals surface area contributed by atoms with E-state index in [4.69, 9.17) is 9.84 Å². The molecule has 0 aromatic heterocycles. The average molecular weight is 321 g/mol. The Kier molecular flexibility index (Phi) is 4.72. The fraction of sp³-hybridized carbons (Fsp3) is 0.500. The van der Waals surface area contributed by atoms with E-state index >= 15 is 0 Å². The maximum absolute atomic E-state index is 13.4. The first kappa shape index (κ1) is 16.7. The number of rotatable bonds is 2. The molecule has 1 amide bonds. The fourth-order valence-corrected chi connectivity index (χ4v) is 2.25. The number of aliphatic hydroxyl groups excluding tert-OH is 1. The Morgan fingerprint density at radius 3 is 2.68 bits per heavy atom. The highest BCUT2D eigenvalue weighted by atomic mass is 19.4. The van der Waals surface area contributed by atoms with Gasteiger partial charge in [0.2, 0.25) is 0 Å². The minimum absolute atomic E-state index is 0.0361. The summed E-state index contributed by atoms with van der Waals surface area (Å²) in [6.07, 6.45) is -5.34. The lowest BCUT2D eigenvalue weighted by Gasteiger charge is -2.37. The molecule has 0 bridgehead atoms. The third-order valence-electron chi connectivity index (χ3n) is 3.44. The summed E-state index contributed by atoms with van der Waals surface area (Å²) in [4.78, 5) is 13.6. The van der Waals surface area contributed by atoms with E-state index in [1.54, 1.807) is 6.92 Å². The molecule has 0 spiro atoms. The van der Waals surface area contributed by atoms with Crippen LogP contribution in [0.3, 0.4) is 0 Å². The van der Waals surface area contributed by atoms with Crippen LogP contribution in [-0.2, 0) is 10.9 Å². The van der Waals surface area contributed by atoms with Gasteiger partial charge in [-0.1, -0.05) is 0 Å². The lowest BCUT2D eigenvalue weighted by Crippen LogP contribution is -2.52. The van der Waals surface area contributed by atoms with E-state index in [0.717, 1.165) is 6.07 Å². The summed E-state index contributed by atoms with van der Waals surface area (Å²) >= 11 is 0. The molecular weight excluding hydrogens is 306 g/mol. The quantitative estimate of drug-likeness (QED) is 0.849. The highest BCUT2D eigenvalue weighted by molar-refractivity contribution is 5.94. The number of alkyl halides is 3. The number of halogens is 4. The standard InChI is InChI=1S/C14H15F4NO3/c1-8-7-22-12(6-20)5-19(8)13(21)9-2-10(14(16,17)18)4-11(15)3-9/h2-4,8,12,20H,5-7H2,1H3/t8-,12-/m0/s1. The molecule has 1 heterocycles. The number of ether oxygens (including phenoxy) is 1. The highest BCUT2D eigenvalue weighted by Crippen LogP contribution is 2.31. The summed E-state index contributed by atoms with van der Waals surface area (Å²) in [5.74, 6) is -1.85. The smallest absolute Gasteiger partial charge is 0.394 e. The lowest BCUT2D eigenvalue weighted by atomic mass is 10.1. The minimum atomic E-state index is -4.73. The molecule has 122 valence electrons. The van der Waals surface area contributed by atoms with Crippen molar-refractivity contribution in [3.8, 4) is 0 Å². The Morgan fingerprint density at radius 2 is 2.09 bits per heavy atom. The van der Waals surface area contributed by atoms with Crippen LogP contribution in [0.15, 0.2) is 18.2 Å². The van der Waals surface area contributed by atoms with Crippen LogP contribution >= 0.6 is 0 Å². The number of amides is 1. The van der Waals surface area contributed by atoms with Gasteiger partial charge < -0.3 is 14.7 Å². The monoisotopic (exact) mass is 321 g/mol. The van der Waals surface area contributed by atoms with Crippen molar-refractivity contribution in [3.05, 3.63) is 35.1 Å². The molecule has 1 saturated heterocycles. The number of aliphatic hydroxyl groups is 1. The molecule has 4 nitrogen and oxygen atoms in total. The van der Waals surface area contributed by atoms with E-state index in [-0.39, 0.29) is 31.4 Å². The fourth-order valence-electron chi connectivity index (χ4n) is 2.25. The maximum Gasteiger partial charge on any atom is 0.416 e. The van der Waals surface area contributed by atoms with Crippen molar-refractivity contribution in [2.75, 3.05) is 19.8 Å². The van der Waals surface area contributed by atoms with Gasteiger partial charge in [0.25, 0.3) is 5.91 Å². The first-order chi connectivity index (χ1) is 10.2. The van der Waals surface area contributed by atoms with E-state index in [2.05, 4.69) is 0 Å². The van der Waals surface area contributed by atoms with Gasteiger partial charge in [0.15, 0.2) is 0 Å². The number of nitrogens with zero attached hydrogens (tertiary/aromatic N) is 1. The molecule has 0 saturated carbocycles. The summed E-state index contributed by atoms with van der Waals surface area (Å²) in [5.41, 5.74) is -1.59. The van der Waals surface area contributed by atoms with Crippen LogP contribution in [0.1, 0.15) is 22.8 Å². The number of carbonyl (C=O) groups is 1. The van der Waals surface area contributed by atoms with E-state index in [1.807, 2.05) is 0 Å². The molecule has 1 fully saturated rings. The highest BCUT2D eigenvalue weighted by Gasteiger charge is 2.34. The van der Waals surface area contributed by atoms with Gasteiger partial charge in [-0.25, -0.2) is 4.39 Å². The lowest BCUT2D eigenvalue weighted by molar-refractivity contribution is -0.137. The van der Waals surface area contributed by atoms with Crippen molar-refractivity contribution < 1.29 is 32.2 Å². The van der Waals surface area contributed by atoms with Crippen LogP contribution in [0, 0.1) is 5.82 Å². The first-order valence-electron chi connectivity index (χ1n) is 6.63. The molecule has 0 aliphatic carbocycles. The molecule has 1 aliphatic rings. The molecule has 1 aromatic rings. The van der Waals surface area contributed by atoms with Gasteiger partial charge in [0.1, 0.15) is 5.82 Å². The van der Waals surface area contributed by atoms with Crippen LogP contribution in [-0.4, -0.2) is 47.8 Å². The molecule has 2 rings (SSSR count). The van der Waals surface area contributed by atoms with E-state index in [1.165, 1.54) is 4.90 Å². The maximum atomic E-state index is 13.4. The van der Waals surface area contributed by atoms with Gasteiger partial charge in [-0.3, -0.25) is 4.79 Å². The van der Waals surface area contributed by atoms with Crippen molar-refractivity contribution >= 4 is 5.91 Å². The molecular formula is C14H15F4NO3. The Bertz CT molecular complexity index is 562. The summed E-state index contributed by atoms with van der Waals surface area (Å²) < 4.78 is 56.8. The zero-order valence-electron chi connectivity index (χ0n) is 11.7. The molecule has 22 heavy (non-hydrogen) atoms. The SMILES string of the molecule is C[C@H]1CO[C@H](CO)CN1C(=O)c1cc(F)cc(C(F)(F)F)c1. The van der Waals surface area contributed by atoms with Crippen molar-refractivity contribution in [2.24, 2.45) is 0 Å². The van der Waals surface area contributed by atoms with Crippen LogP contribution < -0.4 is 0 Å². The number of hydrogen-bond acceptors (Lipinski definition) is 3. The van der Waals surface area contributed by atoms with Gasteiger partial charge >= 0.3 is 6.18 Å². The van der Waals surface area contributed by atoms with E-state index in [9.17, 15) is 22.4 Å². The van der Waals surface area contributed by atoms with Gasteiger partial charge in [-0.2, -0.15) is 13.2 Å². The summed E-state index contributed by atoms with van der Waals surface area (Å²) in [6, 6.07) is 1.36. The van der Waals surface area contributed by atoms with Gasteiger partial charge in [-0.05, 0) is 25.1 Å². The zero-order chi connectivity index (χ0) is 16.5. The second-order valence-corrected chi connectivity index (χ2v) is 5.17. The molecule has 0 unspecified atom stereocenters. The molecule has 1 N–H and O–H groups in total. The molecule has 1 aliphatic heterocycles. The Labute approximate surface area is 124 Å². The second kappa shape index (κ2) is 6.21. The van der Waals surface area contributed by atoms with Crippen molar-refractivity contribution in [1.29, 1.82) is 0 Å². The third kappa shape index (κ3) is 3.56. The largest absolute Gasteiger partial charge is 0.416 e. The number of carbonyl (C=O) groups excluding carboxylic acids is 1. The van der Waals surface area contributed by atoms with Gasteiger partial charge in [-0.15, -0.1) is 0 Å². The third-order valence-corrected chi connectivity index (χ3v) is 3.44. The van der Waals surface area contributed by atoms with Crippen molar-refractivity contribution in [1.82, 2.24) is 4.90 Å². The first-order valence-corrected chi connectivity index (χ1v) is 6.63. The van der Waals surface area contributed by atoms with Crippen LogP contribution in [0.5, 0.6) is 0 Å². The average Bonchev–Trinajstić information content (AvgIpc) is 2.45. The second-order valence-electron chi connectivity index (χ2n) is 5.17. The zero-order valence-corrected chi connectivity index (χ0v) is 11.7. The van der Waals surface area contributed by atoms with Gasteiger partial charge in [0.05, 0.1) is 30.9 Å². The predicted molar refractivity (Wildman–Crippen MR) is 68.7 cm³/mol. The van der Waals surface area contributed by atoms with Crippen LogP contribution in [0.2, 0.25) is 0 Å².